The molecule has 0 saturated heterocycles. The molecule has 1 amide bonds. The van der Waals surface area contributed by atoms with E-state index in [1.807, 2.05) is 0 Å². The van der Waals surface area contributed by atoms with Gasteiger partial charge in [0.15, 0.2) is 0 Å². The van der Waals surface area contributed by atoms with Crippen LogP contribution in [0.25, 0.3) is 0 Å². The highest BCUT2D eigenvalue weighted by molar-refractivity contribution is 5.76. The summed E-state index contributed by atoms with van der Waals surface area (Å²) < 4.78 is 5.52. The molecule has 0 heterocycles. The van der Waals surface area contributed by atoms with Crippen molar-refractivity contribution in [3.05, 3.63) is 0 Å². The summed E-state index contributed by atoms with van der Waals surface area (Å²) >= 11 is 0. The Balaban J connectivity index is 3.31. The number of hydrogen-bond donors (Lipinski definition) is 3. The molecule has 90 heavy (non-hydrogen) atoms. The summed E-state index contributed by atoms with van der Waals surface area (Å²) in [4.78, 5) is 24.7. The zero-order valence-corrected chi connectivity index (χ0v) is 61.9. The second kappa shape index (κ2) is 80.3. The molecule has 538 valence electrons. The fraction of sp³-hybridized carbons (Fsp3) is 0.976. The summed E-state index contributed by atoms with van der Waals surface area (Å²) in [6.07, 6.45) is 101. The minimum Gasteiger partial charge on any atom is -0.466 e. The van der Waals surface area contributed by atoms with Gasteiger partial charge in [-0.2, -0.15) is 0 Å². The molecule has 0 rings (SSSR count). The van der Waals surface area contributed by atoms with Crippen LogP contribution in [-0.4, -0.2) is 47.4 Å². The molecule has 0 aliphatic carbocycles. The van der Waals surface area contributed by atoms with Crippen LogP contribution in [0.1, 0.15) is 502 Å². The van der Waals surface area contributed by atoms with E-state index in [0.29, 0.717) is 25.9 Å². The molecular weight excluding hydrogens is 1100 g/mol. The lowest BCUT2D eigenvalue weighted by Gasteiger charge is -2.22. The van der Waals surface area contributed by atoms with E-state index in [2.05, 4.69) is 19.2 Å². The monoisotopic (exact) mass is 1270 g/mol. The Morgan fingerprint density at radius 3 is 0.678 bits per heavy atom. The predicted octanol–water partition coefficient (Wildman–Crippen LogP) is 28.1. The molecule has 0 aliphatic rings. The van der Waals surface area contributed by atoms with E-state index in [1.165, 1.54) is 430 Å². The third kappa shape index (κ3) is 75.9. The Labute approximate surface area is 566 Å². The van der Waals surface area contributed by atoms with E-state index in [0.717, 1.165) is 38.5 Å². The summed E-state index contributed by atoms with van der Waals surface area (Å²) in [7, 11) is 0. The summed E-state index contributed by atoms with van der Waals surface area (Å²) in [5.41, 5.74) is 0. The molecule has 0 aromatic carbocycles. The second-order valence-electron chi connectivity index (χ2n) is 29.5. The van der Waals surface area contributed by atoms with Gasteiger partial charge in [-0.15, -0.1) is 0 Å². The first-order valence-corrected chi connectivity index (χ1v) is 42.3. The van der Waals surface area contributed by atoms with Gasteiger partial charge in [-0.3, -0.25) is 9.59 Å². The molecular formula is C84H167NO5. The van der Waals surface area contributed by atoms with E-state index in [-0.39, 0.29) is 18.5 Å². The molecule has 0 aliphatic heterocycles. The number of amides is 1. The Morgan fingerprint density at radius 1 is 0.267 bits per heavy atom. The van der Waals surface area contributed by atoms with Crippen LogP contribution >= 0.6 is 0 Å². The number of carbonyl (C=O) groups excluding carboxylic acids is 2. The van der Waals surface area contributed by atoms with Gasteiger partial charge in [0.1, 0.15) is 0 Å². The average molecular weight is 1270 g/mol. The Morgan fingerprint density at radius 2 is 0.456 bits per heavy atom. The Kier molecular flexibility index (Phi) is 79.3. The van der Waals surface area contributed by atoms with Crippen molar-refractivity contribution in [3.63, 3.8) is 0 Å². The van der Waals surface area contributed by atoms with Crippen LogP contribution in [0.2, 0.25) is 0 Å². The van der Waals surface area contributed by atoms with Gasteiger partial charge in [0.25, 0.3) is 0 Å². The molecule has 0 saturated carbocycles. The molecule has 0 radical (unpaired) electrons. The first-order chi connectivity index (χ1) is 44.5. The second-order valence-corrected chi connectivity index (χ2v) is 29.5. The molecule has 3 N–H and O–H groups in total. The highest BCUT2D eigenvalue weighted by atomic mass is 16.5. The number of unbranched alkanes of at least 4 members (excludes halogenated alkanes) is 70. The first kappa shape index (κ1) is 88.9. The number of aliphatic hydroxyl groups is 2. The third-order valence-electron chi connectivity index (χ3n) is 20.4. The molecule has 2 unspecified atom stereocenters. The van der Waals surface area contributed by atoms with Crippen molar-refractivity contribution in [2.24, 2.45) is 0 Å². The van der Waals surface area contributed by atoms with Gasteiger partial charge in [-0.05, 0) is 25.7 Å². The lowest BCUT2D eigenvalue weighted by Crippen LogP contribution is -2.45. The van der Waals surface area contributed by atoms with Crippen molar-refractivity contribution in [2.75, 3.05) is 13.2 Å². The molecule has 0 aromatic rings. The van der Waals surface area contributed by atoms with Gasteiger partial charge in [0, 0.05) is 12.8 Å². The van der Waals surface area contributed by atoms with Crippen molar-refractivity contribution in [1.82, 2.24) is 5.32 Å². The first-order valence-electron chi connectivity index (χ1n) is 42.3. The standard InChI is InChI=1S/C84H167NO5/c1-3-5-7-9-11-13-15-17-19-21-22-23-24-35-38-41-45-48-52-56-60-64-68-72-76-82(87)81(80-86)85-83(88)77-73-69-65-61-57-53-49-46-42-39-36-33-31-29-27-25-26-28-30-32-34-37-40-43-47-51-55-59-63-67-71-75-79-90-84(89)78-74-70-66-62-58-54-50-44-20-18-16-14-12-10-8-6-4-2/h81-82,86-87H,3-80H2,1-2H3,(H,85,88). The largest absolute Gasteiger partial charge is 0.466 e. The van der Waals surface area contributed by atoms with Crippen molar-refractivity contribution in [1.29, 1.82) is 0 Å². The van der Waals surface area contributed by atoms with Crippen LogP contribution in [0.4, 0.5) is 0 Å². The Hall–Kier alpha value is -1.14. The van der Waals surface area contributed by atoms with Crippen molar-refractivity contribution in [3.8, 4) is 0 Å². The van der Waals surface area contributed by atoms with Crippen LogP contribution in [0.3, 0.4) is 0 Å². The minimum absolute atomic E-state index is 0.0235. The van der Waals surface area contributed by atoms with E-state index < -0.39 is 12.1 Å². The number of hydrogen-bond acceptors (Lipinski definition) is 5. The summed E-state index contributed by atoms with van der Waals surface area (Å²) in [5, 5.41) is 23.5. The van der Waals surface area contributed by atoms with Gasteiger partial charge >= 0.3 is 5.97 Å². The lowest BCUT2D eigenvalue weighted by atomic mass is 10.0. The van der Waals surface area contributed by atoms with Crippen molar-refractivity contribution in [2.45, 2.75) is 514 Å². The topological polar surface area (TPSA) is 95.9 Å². The van der Waals surface area contributed by atoms with Crippen LogP contribution in [-0.2, 0) is 14.3 Å². The molecule has 0 spiro atoms. The van der Waals surface area contributed by atoms with E-state index in [4.69, 9.17) is 4.74 Å². The summed E-state index contributed by atoms with van der Waals surface area (Å²) in [6.45, 7) is 5.03. The van der Waals surface area contributed by atoms with Gasteiger partial charge in [-0.25, -0.2) is 0 Å². The van der Waals surface area contributed by atoms with Crippen LogP contribution < -0.4 is 5.32 Å². The lowest BCUT2D eigenvalue weighted by molar-refractivity contribution is -0.143. The number of ether oxygens (including phenoxy) is 1. The average Bonchev–Trinajstić information content (AvgIpc) is 3.57. The zero-order valence-electron chi connectivity index (χ0n) is 61.9. The van der Waals surface area contributed by atoms with E-state index in [9.17, 15) is 19.8 Å². The van der Waals surface area contributed by atoms with Crippen LogP contribution in [0.5, 0.6) is 0 Å². The Bertz CT molecular complexity index is 1320. The minimum atomic E-state index is -0.662. The highest BCUT2D eigenvalue weighted by Gasteiger charge is 2.20. The normalized spacial score (nSPS) is 12.4. The number of esters is 1. The molecule has 2 atom stereocenters. The van der Waals surface area contributed by atoms with Crippen molar-refractivity contribution >= 4 is 11.9 Å². The number of nitrogens with one attached hydrogen (secondary N) is 1. The number of rotatable bonds is 81. The molecule has 0 bridgehead atoms. The maximum Gasteiger partial charge on any atom is 0.305 e. The van der Waals surface area contributed by atoms with Gasteiger partial charge in [-0.1, -0.05) is 463 Å². The maximum absolute atomic E-state index is 12.6. The number of aliphatic hydroxyl groups excluding tert-OH is 2. The van der Waals surface area contributed by atoms with Gasteiger partial charge in [0.05, 0.1) is 25.4 Å². The molecule has 0 fully saturated rings. The zero-order chi connectivity index (χ0) is 64.9. The third-order valence-corrected chi connectivity index (χ3v) is 20.4. The van der Waals surface area contributed by atoms with E-state index >= 15 is 0 Å². The molecule has 6 heteroatoms. The van der Waals surface area contributed by atoms with Crippen molar-refractivity contribution < 1.29 is 24.5 Å². The highest BCUT2D eigenvalue weighted by Crippen LogP contribution is 2.21. The molecule has 6 nitrogen and oxygen atoms in total. The summed E-state index contributed by atoms with van der Waals surface area (Å²) in [6, 6.07) is -0.538. The molecule has 0 aromatic heterocycles. The fourth-order valence-corrected chi connectivity index (χ4v) is 14.0. The van der Waals surface area contributed by atoms with Crippen LogP contribution in [0, 0.1) is 0 Å². The SMILES string of the molecule is CCCCCCCCCCCCCCCCCCCCCCCCCCC(O)C(CO)NC(=O)CCCCCCCCCCCCCCCCCCCCCCCCCCCCCCCCCCOC(=O)CCCCCCCCCCCCCCCCCCC. The fourth-order valence-electron chi connectivity index (χ4n) is 14.0. The maximum atomic E-state index is 12.6. The van der Waals surface area contributed by atoms with Gasteiger partial charge in [0.2, 0.25) is 5.91 Å². The van der Waals surface area contributed by atoms with E-state index in [1.54, 1.807) is 0 Å². The smallest absolute Gasteiger partial charge is 0.305 e. The van der Waals surface area contributed by atoms with Gasteiger partial charge < -0.3 is 20.3 Å². The number of carbonyl (C=O) groups is 2. The quantitative estimate of drug-likeness (QED) is 0.0417. The predicted molar refractivity (Wildman–Crippen MR) is 398 cm³/mol. The summed E-state index contributed by atoms with van der Waals surface area (Å²) in [5.74, 6) is 0.00348. The van der Waals surface area contributed by atoms with Crippen LogP contribution in [0.15, 0.2) is 0 Å².